The number of amides is 2. The predicted molar refractivity (Wildman–Crippen MR) is 102 cm³/mol. The third-order valence-electron chi connectivity index (χ3n) is 4.41. The fraction of sp³-hybridized carbons (Fsp3) is 0.300. The first-order chi connectivity index (χ1) is 12.5. The lowest BCUT2D eigenvalue weighted by Gasteiger charge is -2.27. The molecular weight excluding hydrogens is 352 g/mol. The van der Waals surface area contributed by atoms with Gasteiger partial charge in [-0.15, -0.1) is 0 Å². The summed E-state index contributed by atoms with van der Waals surface area (Å²) in [6.45, 7) is 4.15. The molecule has 2 aromatic rings. The molecule has 2 aromatic carbocycles. The quantitative estimate of drug-likeness (QED) is 0.895. The zero-order valence-electron chi connectivity index (χ0n) is 14.6. The van der Waals surface area contributed by atoms with Gasteiger partial charge in [0, 0.05) is 29.4 Å². The van der Waals surface area contributed by atoms with E-state index in [9.17, 15) is 9.59 Å². The van der Waals surface area contributed by atoms with Crippen LogP contribution in [0.2, 0.25) is 5.02 Å². The normalized spacial score (nSPS) is 14.2. The molecule has 0 spiro atoms. The maximum Gasteiger partial charge on any atom is 0.254 e. The molecule has 0 atom stereocenters. The highest BCUT2D eigenvalue weighted by Gasteiger charge is 2.21. The van der Waals surface area contributed by atoms with Crippen molar-refractivity contribution in [3.63, 3.8) is 0 Å². The number of morpholine rings is 1. The average Bonchev–Trinajstić information content (AvgIpc) is 2.65. The van der Waals surface area contributed by atoms with Gasteiger partial charge in [0.2, 0.25) is 5.91 Å². The maximum atomic E-state index is 12.7. The number of anilines is 1. The zero-order valence-corrected chi connectivity index (χ0v) is 15.4. The summed E-state index contributed by atoms with van der Waals surface area (Å²) in [5.74, 6) is -0.161. The van der Waals surface area contributed by atoms with Crippen LogP contribution in [0.25, 0.3) is 0 Å². The van der Waals surface area contributed by atoms with Crippen molar-refractivity contribution in [1.82, 2.24) is 4.90 Å². The lowest BCUT2D eigenvalue weighted by molar-refractivity contribution is -0.115. The number of hydrogen-bond donors (Lipinski definition) is 1. The van der Waals surface area contributed by atoms with Crippen molar-refractivity contribution in [2.24, 2.45) is 0 Å². The maximum absolute atomic E-state index is 12.7. The Balaban J connectivity index is 1.71. The van der Waals surface area contributed by atoms with Crippen LogP contribution in [-0.2, 0) is 16.0 Å². The summed E-state index contributed by atoms with van der Waals surface area (Å²) in [7, 11) is 0. The molecule has 1 heterocycles. The first-order valence-electron chi connectivity index (χ1n) is 8.55. The molecule has 1 fully saturated rings. The number of nitrogens with one attached hydrogen (secondary N) is 1. The van der Waals surface area contributed by atoms with Gasteiger partial charge in [-0.3, -0.25) is 9.59 Å². The minimum Gasteiger partial charge on any atom is -0.378 e. The van der Waals surface area contributed by atoms with E-state index < -0.39 is 0 Å². The van der Waals surface area contributed by atoms with Crippen LogP contribution in [0.4, 0.5) is 5.69 Å². The molecule has 136 valence electrons. The Labute approximate surface area is 157 Å². The minimum atomic E-state index is -0.133. The summed E-state index contributed by atoms with van der Waals surface area (Å²) in [5.41, 5.74) is 2.91. The summed E-state index contributed by atoms with van der Waals surface area (Å²) in [6, 6.07) is 12.6. The lowest BCUT2D eigenvalue weighted by Crippen LogP contribution is -2.41. The van der Waals surface area contributed by atoms with E-state index in [1.807, 2.05) is 25.1 Å². The molecule has 6 heteroatoms. The number of ether oxygens (including phenoxy) is 1. The van der Waals surface area contributed by atoms with Gasteiger partial charge in [0.1, 0.15) is 0 Å². The molecule has 0 aliphatic carbocycles. The second kappa shape index (κ2) is 8.34. The minimum absolute atomic E-state index is 0.0281. The Hall–Kier alpha value is -2.37. The molecule has 5 nitrogen and oxygen atoms in total. The molecule has 1 aliphatic heterocycles. The molecule has 0 radical (unpaired) electrons. The van der Waals surface area contributed by atoms with Gasteiger partial charge in [0.25, 0.3) is 5.91 Å². The van der Waals surface area contributed by atoms with Gasteiger partial charge in [-0.05, 0) is 42.3 Å². The number of carbonyl (C=O) groups is 2. The second-order valence-corrected chi connectivity index (χ2v) is 6.67. The van der Waals surface area contributed by atoms with Gasteiger partial charge in [0.05, 0.1) is 19.6 Å². The zero-order chi connectivity index (χ0) is 18.5. The van der Waals surface area contributed by atoms with Crippen molar-refractivity contribution in [1.29, 1.82) is 0 Å². The third kappa shape index (κ3) is 4.42. The molecule has 0 bridgehead atoms. The van der Waals surface area contributed by atoms with Crippen LogP contribution in [0, 0.1) is 6.92 Å². The van der Waals surface area contributed by atoms with Crippen molar-refractivity contribution in [2.45, 2.75) is 13.3 Å². The standard InChI is InChI=1S/C20H21ClN2O3/c1-14-17(20(25)23-9-11-26-12-10-23)3-2-4-18(14)22-19(24)13-15-5-7-16(21)8-6-15/h2-8H,9-13H2,1H3,(H,22,24). The van der Waals surface area contributed by atoms with Crippen LogP contribution in [-0.4, -0.2) is 43.0 Å². The topological polar surface area (TPSA) is 58.6 Å². The van der Waals surface area contributed by atoms with E-state index in [2.05, 4.69) is 5.32 Å². The summed E-state index contributed by atoms with van der Waals surface area (Å²) in [4.78, 5) is 26.9. The van der Waals surface area contributed by atoms with E-state index in [-0.39, 0.29) is 18.2 Å². The fourth-order valence-electron chi connectivity index (χ4n) is 2.92. The molecule has 26 heavy (non-hydrogen) atoms. The Morgan fingerprint density at radius 3 is 2.50 bits per heavy atom. The van der Waals surface area contributed by atoms with E-state index in [1.165, 1.54) is 0 Å². The van der Waals surface area contributed by atoms with Crippen LogP contribution < -0.4 is 5.32 Å². The SMILES string of the molecule is Cc1c(NC(=O)Cc2ccc(Cl)cc2)cccc1C(=O)N1CCOCC1. The molecular formula is C20H21ClN2O3. The predicted octanol–water partition coefficient (Wildman–Crippen LogP) is 3.30. The second-order valence-electron chi connectivity index (χ2n) is 6.23. The Morgan fingerprint density at radius 2 is 1.81 bits per heavy atom. The van der Waals surface area contributed by atoms with E-state index in [0.29, 0.717) is 42.6 Å². The monoisotopic (exact) mass is 372 g/mol. The van der Waals surface area contributed by atoms with E-state index >= 15 is 0 Å². The first kappa shape index (κ1) is 18.4. The van der Waals surface area contributed by atoms with Gasteiger partial charge in [0.15, 0.2) is 0 Å². The van der Waals surface area contributed by atoms with Gasteiger partial charge in [-0.25, -0.2) is 0 Å². The fourth-order valence-corrected chi connectivity index (χ4v) is 3.05. The lowest BCUT2D eigenvalue weighted by atomic mass is 10.0. The van der Waals surface area contributed by atoms with Gasteiger partial charge in [-0.1, -0.05) is 29.8 Å². The van der Waals surface area contributed by atoms with Crippen molar-refractivity contribution in [3.8, 4) is 0 Å². The Kier molecular flexibility index (Phi) is 5.91. The molecule has 0 saturated carbocycles. The van der Waals surface area contributed by atoms with Crippen LogP contribution in [0.1, 0.15) is 21.5 Å². The highest BCUT2D eigenvalue weighted by Crippen LogP contribution is 2.21. The van der Waals surface area contributed by atoms with Crippen LogP contribution in [0.5, 0.6) is 0 Å². The third-order valence-corrected chi connectivity index (χ3v) is 4.67. The largest absolute Gasteiger partial charge is 0.378 e. The van der Waals surface area contributed by atoms with Gasteiger partial charge in [-0.2, -0.15) is 0 Å². The molecule has 3 rings (SSSR count). The molecule has 1 N–H and O–H groups in total. The van der Waals surface area contributed by atoms with Gasteiger partial charge >= 0.3 is 0 Å². The highest BCUT2D eigenvalue weighted by atomic mass is 35.5. The Bertz CT molecular complexity index is 799. The smallest absolute Gasteiger partial charge is 0.254 e. The molecule has 1 aliphatic rings. The van der Waals surface area contributed by atoms with Gasteiger partial charge < -0.3 is 15.0 Å². The number of benzene rings is 2. The highest BCUT2D eigenvalue weighted by molar-refractivity contribution is 6.30. The summed E-state index contributed by atoms with van der Waals surface area (Å²) < 4.78 is 5.30. The summed E-state index contributed by atoms with van der Waals surface area (Å²) in [6.07, 6.45) is 0.248. The van der Waals surface area contributed by atoms with Crippen LogP contribution >= 0.6 is 11.6 Å². The van der Waals surface area contributed by atoms with E-state index in [4.69, 9.17) is 16.3 Å². The molecule has 2 amide bonds. The first-order valence-corrected chi connectivity index (χ1v) is 8.93. The van der Waals surface area contributed by atoms with Crippen molar-refractivity contribution in [2.75, 3.05) is 31.6 Å². The molecule has 0 unspecified atom stereocenters. The van der Waals surface area contributed by atoms with Crippen molar-refractivity contribution >= 4 is 29.1 Å². The Morgan fingerprint density at radius 1 is 1.12 bits per heavy atom. The van der Waals surface area contributed by atoms with Crippen molar-refractivity contribution in [3.05, 3.63) is 64.2 Å². The van der Waals surface area contributed by atoms with E-state index in [0.717, 1.165) is 11.1 Å². The van der Waals surface area contributed by atoms with Crippen LogP contribution in [0.3, 0.4) is 0 Å². The van der Waals surface area contributed by atoms with Crippen molar-refractivity contribution < 1.29 is 14.3 Å². The average molecular weight is 373 g/mol. The number of halogens is 1. The number of hydrogen-bond acceptors (Lipinski definition) is 3. The number of rotatable bonds is 4. The number of carbonyl (C=O) groups excluding carboxylic acids is 2. The van der Waals surface area contributed by atoms with Crippen LogP contribution in [0.15, 0.2) is 42.5 Å². The van der Waals surface area contributed by atoms with E-state index in [1.54, 1.807) is 29.2 Å². The molecule has 0 aromatic heterocycles. The molecule has 1 saturated heterocycles. The summed E-state index contributed by atoms with van der Waals surface area (Å²) in [5, 5.41) is 3.54. The summed E-state index contributed by atoms with van der Waals surface area (Å²) >= 11 is 5.87. The number of nitrogens with zero attached hydrogens (tertiary/aromatic N) is 1.